The quantitative estimate of drug-likeness (QED) is 0.789. The van der Waals surface area contributed by atoms with Gasteiger partial charge in [0.1, 0.15) is 0 Å². The minimum atomic E-state index is 0.0810. The van der Waals surface area contributed by atoms with Crippen molar-refractivity contribution in [2.45, 2.75) is 17.4 Å². The van der Waals surface area contributed by atoms with Crippen LogP contribution in [0.3, 0.4) is 0 Å². The molecule has 0 aliphatic carbocycles. The van der Waals surface area contributed by atoms with Crippen molar-refractivity contribution in [3.05, 3.63) is 42.2 Å². The van der Waals surface area contributed by atoms with Crippen LogP contribution in [-0.2, 0) is 0 Å². The van der Waals surface area contributed by atoms with Gasteiger partial charge in [0.15, 0.2) is 5.78 Å². The van der Waals surface area contributed by atoms with E-state index in [0.717, 1.165) is 27.8 Å². The first-order valence-corrected chi connectivity index (χ1v) is 8.47. The lowest BCUT2D eigenvalue weighted by Crippen LogP contribution is -2.31. The van der Waals surface area contributed by atoms with Gasteiger partial charge in [-0.25, -0.2) is 0 Å². The van der Waals surface area contributed by atoms with Crippen LogP contribution in [0.25, 0.3) is 10.8 Å². The Morgan fingerprint density at radius 2 is 2.11 bits per heavy atom. The Bertz CT molecular complexity index is 609. The molecule has 3 rings (SSSR count). The average molecular weight is 289 g/mol. The number of carbonyl (C=O) groups excluding carboxylic acids is 1. The Morgan fingerprint density at radius 3 is 2.95 bits per heavy atom. The topological polar surface area (TPSA) is 30.0 Å². The van der Waals surface area contributed by atoms with Crippen molar-refractivity contribution >= 4 is 40.1 Å². The summed E-state index contributed by atoms with van der Waals surface area (Å²) in [5.41, 5.74) is 0.840. The van der Waals surface area contributed by atoms with Gasteiger partial charge in [0, 0.05) is 40.1 Å². The SMILES string of the molecule is CC1SCCSC1C(=O)c1cccc2cnccc12. The zero-order chi connectivity index (χ0) is 13.2. The van der Waals surface area contributed by atoms with E-state index in [1.54, 1.807) is 18.0 Å². The third-order valence-electron chi connectivity index (χ3n) is 3.39. The Labute approximate surface area is 121 Å². The number of aromatic nitrogens is 1. The van der Waals surface area contributed by atoms with Crippen molar-refractivity contribution in [1.29, 1.82) is 0 Å². The van der Waals surface area contributed by atoms with Gasteiger partial charge in [-0.05, 0) is 11.5 Å². The van der Waals surface area contributed by atoms with E-state index in [1.165, 1.54) is 0 Å². The molecule has 2 atom stereocenters. The van der Waals surface area contributed by atoms with E-state index in [9.17, 15) is 4.79 Å². The highest BCUT2D eigenvalue weighted by Crippen LogP contribution is 2.34. The second-order valence-electron chi connectivity index (χ2n) is 4.63. The van der Waals surface area contributed by atoms with Crippen LogP contribution in [0.4, 0.5) is 0 Å². The molecule has 0 saturated carbocycles. The van der Waals surface area contributed by atoms with Gasteiger partial charge in [-0.15, -0.1) is 11.8 Å². The van der Waals surface area contributed by atoms with Crippen molar-refractivity contribution < 1.29 is 4.79 Å². The minimum Gasteiger partial charge on any atom is -0.293 e. The van der Waals surface area contributed by atoms with Gasteiger partial charge in [-0.3, -0.25) is 9.78 Å². The lowest BCUT2D eigenvalue weighted by Gasteiger charge is -2.27. The molecule has 1 aromatic heterocycles. The highest BCUT2D eigenvalue weighted by atomic mass is 32.2. The molecular weight excluding hydrogens is 274 g/mol. The summed E-state index contributed by atoms with van der Waals surface area (Å²) in [5.74, 6) is 2.48. The van der Waals surface area contributed by atoms with Crippen LogP contribution in [0.15, 0.2) is 36.7 Å². The van der Waals surface area contributed by atoms with E-state index >= 15 is 0 Å². The van der Waals surface area contributed by atoms with Crippen molar-refractivity contribution in [2.75, 3.05) is 11.5 Å². The summed E-state index contributed by atoms with van der Waals surface area (Å²) in [6.07, 6.45) is 3.57. The second-order valence-corrected chi connectivity index (χ2v) is 7.37. The number of fused-ring (bicyclic) bond motifs is 1. The fourth-order valence-corrected chi connectivity index (χ4v) is 5.13. The van der Waals surface area contributed by atoms with Crippen LogP contribution in [0.5, 0.6) is 0 Å². The van der Waals surface area contributed by atoms with Crippen molar-refractivity contribution in [3.8, 4) is 0 Å². The standard InChI is InChI=1S/C15H15NOS2/c1-10-15(19-8-7-18-10)14(17)13-4-2-3-11-9-16-6-5-12(11)13/h2-6,9-10,15H,7-8H2,1H3. The predicted molar refractivity (Wildman–Crippen MR) is 84.2 cm³/mol. The summed E-state index contributed by atoms with van der Waals surface area (Å²) < 4.78 is 0. The van der Waals surface area contributed by atoms with Crippen LogP contribution in [0.1, 0.15) is 17.3 Å². The summed E-state index contributed by atoms with van der Waals surface area (Å²) in [6.45, 7) is 2.16. The van der Waals surface area contributed by atoms with E-state index in [0.29, 0.717) is 5.25 Å². The molecular formula is C15H15NOS2. The highest BCUT2D eigenvalue weighted by molar-refractivity contribution is 8.07. The maximum Gasteiger partial charge on any atom is 0.177 e. The van der Waals surface area contributed by atoms with Gasteiger partial charge < -0.3 is 0 Å². The van der Waals surface area contributed by atoms with Crippen LogP contribution in [0, 0.1) is 0 Å². The van der Waals surface area contributed by atoms with Gasteiger partial charge in [0.05, 0.1) is 5.25 Å². The zero-order valence-electron chi connectivity index (χ0n) is 10.7. The smallest absolute Gasteiger partial charge is 0.177 e. The molecule has 1 aliphatic heterocycles. The van der Waals surface area contributed by atoms with Crippen LogP contribution >= 0.6 is 23.5 Å². The van der Waals surface area contributed by atoms with Gasteiger partial charge >= 0.3 is 0 Å². The molecule has 2 unspecified atom stereocenters. The zero-order valence-corrected chi connectivity index (χ0v) is 12.3. The highest BCUT2D eigenvalue weighted by Gasteiger charge is 2.30. The molecule has 2 aromatic rings. The Balaban J connectivity index is 2.01. The molecule has 1 aromatic carbocycles. The molecule has 1 fully saturated rings. The molecule has 0 spiro atoms. The molecule has 2 heterocycles. The van der Waals surface area contributed by atoms with E-state index in [1.807, 2.05) is 42.2 Å². The number of thioether (sulfide) groups is 2. The number of carbonyl (C=O) groups is 1. The van der Waals surface area contributed by atoms with Gasteiger partial charge in [0.2, 0.25) is 0 Å². The Hall–Kier alpha value is -1.00. The van der Waals surface area contributed by atoms with Gasteiger partial charge in [-0.1, -0.05) is 25.1 Å². The molecule has 0 amide bonds. The number of benzene rings is 1. The van der Waals surface area contributed by atoms with Crippen molar-refractivity contribution in [3.63, 3.8) is 0 Å². The molecule has 4 heteroatoms. The second kappa shape index (κ2) is 5.55. The third-order valence-corrected chi connectivity index (χ3v) is 6.48. The van der Waals surface area contributed by atoms with Crippen molar-refractivity contribution in [2.24, 2.45) is 0 Å². The van der Waals surface area contributed by atoms with Gasteiger partial charge in [0.25, 0.3) is 0 Å². The van der Waals surface area contributed by atoms with Crippen LogP contribution in [-0.4, -0.2) is 32.8 Å². The molecule has 98 valence electrons. The molecule has 1 saturated heterocycles. The number of hydrogen-bond donors (Lipinski definition) is 0. The molecule has 0 bridgehead atoms. The predicted octanol–water partition coefficient (Wildman–Crippen LogP) is 3.65. The number of rotatable bonds is 2. The van der Waals surface area contributed by atoms with E-state index in [4.69, 9.17) is 0 Å². The first kappa shape index (κ1) is 13.0. The third kappa shape index (κ3) is 2.51. The number of pyridine rings is 1. The summed E-state index contributed by atoms with van der Waals surface area (Å²) in [7, 11) is 0. The van der Waals surface area contributed by atoms with E-state index in [-0.39, 0.29) is 11.0 Å². The largest absolute Gasteiger partial charge is 0.293 e. The maximum atomic E-state index is 12.8. The number of hydrogen-bond acceptors (Lipinski definition) is 4. The summed E-state index contributed by atoms with van der Waals surface area (Å²) in [6, 6.07) is 7.83. The number of Topliss-reactive ketones (excluding diaryl/α,β-unsaturated/α-hetero) is 1. The molecule has 0 radical (unpaired) electrons. The normalized spacial score (nSPS) is 23.4. The number of ketones is 1. The number of nitrogens with zero attached hydrogens (tertiary/aromatic N) is 1. The lowest BCUT2D eigenvalue weighted by molar-refractivity contribution is 0.0991. The van der Waals surface area contributed by atoms with Crippen LogP contribution < -0.4 is 0 Å². The minimum absolute atomic E-state index is 0.0810. The summed E-state index contributed by atoms with van der Waals surface area (Å²) >= 11 is 3.70. The molecule has 1 aliphatic rings. The summed E-state index contributed by atoms with van der Waals surface area (Å²) in [4.78, 5) is 16.9. The average Bonchev–Trinajstić information content (AvgIpc) is 2.46. The van der Waals surface area contributed by atoms with Gasteiger partial charge in [-0.2, -0.15) is 11.8 Å². The molecule has 0 N–H and O–H groups in total. The first-order chi connectivity index (χ1) is 9.27. The van der Waals surface area contributed by atoms with Crippen LogP contribution in [0.2, 0.25) is 0 Å². The van der Waals surface area contributed by atoms with E-state index in [2.05, 4.69) is 11.9 Å². The fourth-order valence-electron chi connectivity index (χ4n) is 2.41. The molecule has 19 heavy (non-hydrogen) atoms. The first-order valence-electron chi connectivity index (χ1n) is 6.37. The molecule has 2 nitrogen and oxygen atoms in total. The Kier molecular flexibility index (Phi) is 3.80. The Morgan fingerprint density at radius 1 is 1.26 bits per heavy atom. The fraction of sp³-hybridized carbons (Fsp3) is 0.333. The maximum absolute atomic E-state index is 12.8. The van der Waals surface area contributed by atoms with Crippen molar-refractivity contribution in [1.82, 2.24) is 4.98 Å². The summed E-state index contributed by atoms with van der Waals surface area (Å²) in [5, 5.41) is 2.53. The van der Waals surface area contributed by atoms with E-state index < -0.39 is 0 Å². The lowest BCUT2D eigenvalue weighted by atomic mass is 10.00. The monoisotopic (exact) mass is 289 g/mol.